The van der Waals surface area contributed by atoms with Gasteiger partial charge in [0.15, 0.2) is 23.0 Å². The van der Waals surface area contributed by atoms with Gasteiger partial charge in [-0.15, -0.1) is 0 Å². The highest BCUT2D eigenvalue weighted by Crippen LogP contribution is 2.42. The molecule has 2 aromatic carbocycles. The number of benzene rings is 2. The lowest BCUT2D eigenvalue weighted by Gasteiger charge is -2.26. The molecule has 4 rings (SSSR count). The number of carbonyl (C=O) groups excluding carboxylic acids is 2. The van der Waals surface area contributed by atoms with Crippen LogP contribution in [0.15, 0.2) is 62.7 Å². The number of Topliss-reactive ketones (excluding diaryl/α,β-unsaturated/α-hetero) is 1. The second-order valence-corrected chi connectivity index (χ2v) is 8.54. The van der Waals surface area contributed by atoms with Gasteiger partial charge in [-0.3, -0.25) is 9.59 Å². The molecule has 0 aliphatic carbocycles. The zero-order chi connectivity index (χ0) is 23.7. The third-order valence-electron chi connectivity index (χ3n) is 5.52. The molecule has 0 saturated carbocycles. The maximum atomic E-state index is 13.6. The molecule has 0 fully saturated rings. The Hall–Kier alpha value is -3.26. The number of furan rings is 1. The minimum absolute atomic E-state index is 0.0146. The van der Waals surface area contributed by atoms with Crippen LogP contribution in [0.25, 0.3) is 11.0 Å². The van der Waals surface area contributed by atoms with Crippen molar-refractivity contribution < 1.29 is 28.6 Å². The van der Waals surface area contributed by atoms with E-state index >= 15 is 0 Å². The van der Waals surface area contributed by atoms with E-state index in [-0.39, 0.29) is 11.3 Å². The van der Waals surface area contributed by atoms with Crippen LogP contribution in [-0.2, 0) is 4.79 Å². The van der Waals surface area contributed by atoms with E-state index in [9.17, 15) is 14.7 Å². The number of ether oxygens (including phenoxy) is 2. The number of rotatable bonds is 8. The van der Waals surface area contributed by atoms with Crippen molar-refractivity contribution in [3.8, 4) is 11.5 Å². The molecule has 7 nitrogen and oxygen atoms in total. The Labute approximate surface area is 199 Å². The normalized spacial score (nSPS) is 16.1. The highest BCUT2D eigenvalue weighted by molar-refractivity contribution is 9.10. The van der Waals surface area contributed by atoms with Crippen molar-refractivity contribution in [2.45, 2.75) is 26.3 Å². The van der Waals surface area contributed by atoms with Crippen molar-refractivity contribution >= 4 is 38.6 Å². The number of amides is 1. The van der Waals surface area contributed by atoms with Crippen molar-refractivity contribution in [3.05, 3.63) is 69.6 Å². The van der Waals surface area contributed by atoms with E-state index in [0.29, 0.717) is 42.2 Å². The van der Waals surface area contributed by atoms with Gasteiger partial charge in [0.05, 0.1) is 25.3 Å². The minimum Gasteiger partial charge on any atom is -0.503 e. The molecule has 0 radical (unpaired) electrons. The van der Waals surface area contributed by atoms with E-state index in [4.69, 9.17) is 13.9 Å². The molecule has 1 amide bonds. The van der Waals surface area contributed by atoms with E-state index in [0.717, 1.165) is 9.86 Å². The molecule has 1 aliphatic heterocycles. The number of hydrogen-bond donors (Lipinski definition) is 1. The highest BCUT2D eigenvalue weighted by Gasteiger charge is 2.44. The quantitative estimate of drug-likeness (QED) is 0.395. The first-order valence-electron chi connectivity index (χ1n) is 10.7. The molecule has 1 atom stereocenters. The second-order valence-electron chi connectivity index (χ2n) is 7.63. The zero-order valence-electron chi connectivity index (χ0n) is 18.6. The monoisotopic (exact) mass is 513 g/mol. The molecule has 0 bridgehead atoms. The summed E-state index contributed by atoms with van der Waals surface area (Å²) in [6.07, 6.45) is 0.657. The lowest BCUT2D eigenvalue weighted by atomic mass is 9.94. The molecular formula is C25H24BrNO6. The fraction of sp³-hybridized carbons (Fsp3) is 0.280. The van der Waals surface area contributed by atoms with E-state index < -0.39 is 23.5 Å². The molecule has 33 heavy (non-hydrogen) atoms. The summed E-state index contributed by atoms with van der Waals surface area (Å²) in [5.41, 5.74) is 1.16. The van der Waals surface area contributed by atoms with Crippen LogP contribution >= 0.6 is 15.9 Å². The van der Waals surface area contributed by atoms with Gasteiger partial charge in [0, 0.05) is 16.4 Å². The molecule has 0 spiro atoms. The van der Waals surface area contributed by atoms with Crippen molar-refractivity contribution in [3.63, 3.8) is 0 Å². The standard InChI is InChI=1S/C25H24BrNO6/c1-4-10-27-22(14-6-8-18(31-3)19(12-14)32-5-2)21(24(29)25(27)30)23(28)20-13-15-11-16(26)7-9-17(15)33-20/h6-9,11-13,22,29H,4-5,10H2,1-3H3. The average molecular weight is 514 g/mol. The van der Waals surface area contributed by atoms with E-state index in [1.807, 2.05) is 26.0 Å². The molecule has 1 N–H and O–H groups in total. The minimum atomic E-state index is -0.782. The van der Waals surface area contributed by atoms with Gasteiger partial charge in [0.1, 0.15) is 5.58 Å². The number of ketones is 1. The summed E-state index contributed by atoms with van der Waals surface area (Å²) in [6.45, 7) is 4.57. The Balaban J connectivity index is 1.82. The summed E-state index contributed by atoms with van der Waals surface area (Å²) < 4.78 is 17.7. The van der Waals surface area contributed by atoms with Gasteiger partial charge in [0.25, 0.3) is 5.91 Å². The molecule has 1 unspecified atom stereocenters. The van der Waals surface area contributed by atoms with Crippen molar-refractivity contribution in [2.24, 2.45) is 0 Å². The molecule has 2 heterocycles. The zero-order valence-corrected chi connectivity index (χ0v) is 20.1. The highest BCUT2D eigenvalue weighted by atomic mass is 79.9. The lowest BCUT2D eigenvalue weighted by molar-refractivity contribution is -0.129. The van der Waals surface area contributed by atoms with Crippen molar-refractivity contribution in [2.75, 3.05) is 20.3 Å². The molecule has 0 saturated heterocycles. The van der Waals surface area contributed by atoms with E-state index in [1.54, 1.807) is 37.4 Å². The largest absolute Gasteiger partial charge is 0.503 e. The second kappa shape index (κ2) is 9.31. The first kappa shape index (κ1) is 22.9. The third kappa shape index (κ3) is 4.11. The van der Waals surface area contributed by atoms with Gasteiger partial charge in [-0.1, -0.05) is 28.9 Å². The van der Waals surface area contributed by atoms with Crippen molar-refractivity contribution in [1.82, 2.24) is 4.90 Å². The molecule has 1 aromatic heterocycles. The summed E-state index contributed by atoms with van der Waals surface area (Å²) in [4.78, 5) is 28.0. The average Bonchev–Trinajstić information content (AvgIpc) is 3.33. The Kier molecular flexibility index (Phi) is 6.47. The summed E-state index contributed by atoms with van der Waals surface area (Å²) in [7, 11) is 1.54. The lowest BCUT2D eigenvalue weighted by Crippen LogP contribution is -2.31. The summed E-state index contributed by atoms with van der Waals surface area (Å²) >= 11 is 3.41. The van der Waals surface area contributed by atoms with E-state index in [1.165, 1.54) is 4.90 Å². The van der Waals surface area contributed by atoms with Crippen LogP contribution in [0.1, 0.15) is 42.4 Å². The Morgan fingerprint density at radius 1 is 1.15 bits per heavy atom. The Morgan fingerprint density at radius 2 is 1.94 bits per heavy atom. The number of carbonyl (C=O) groups is 2. The van der Waals surface area contributed by atoms with Crippen LogP contribution in [0.5, 0.6) is 11.5 Å². The predicted octanol–water partition coefficient (Wildman–Crippen LogP) is 5.59. The van der Waals surface area contributed by atoms with Crippen molar-refractivity contribution in [1.29, 1.82) is 0 Å². The van der Waals surface area contributed by atoms with Gasteiger partial charge < -0.3 is 23.9 Å². The number of aliphatic hydroxyl groups excluding tert-OH is 1. The Morgan fingerprint density at radius 3 is 2.64 bits per heavy atom. The van der Waals surface area contributed by atoms with Crippen LogP contribution in [0.4, 0.5) is 0 Å². The maximum Gasteiger partial charge on any atom is 0.290 e. The fourth-order valence-electron chi connectivity index (χ4n) is 4.09. The van der Waals surface area contributed by atoms with Gasteiger partial charge in [0.2, 0.25) is 5.78 Å². The van der Waals surface area contributed by atoms with Crippen LogP contribution < -0.4 is 9.47 Å². The van der Waals surface area contributed by atoms with Gasteiger partial charge >= 0.3 is 0 Å². The molecule has 1 aliphatic rings. The fourth-order valence-corrected chi connectivity index (χ4v) is 4.47. The molecule has 8 heteroatoms. The molecular weight excluding hydrogens is 490 g/mol. The number of methoxy groups -OCH3 is 1. The summed E-state index contributed by atoms with van der Waals surface area (Å²) in [5, 5.41) is 11.5. The number of halogens is 1. The third-order valence-corrected chi connectivity index (χ3v) is 6.01. The van der Waals surface area contributed by atoms with Crippen LogP contribution in [0, 0.1) is 0 Å². The SMILES string of the molecule is CCCN1C(=O)C(O)=C(C(=O)c2cc3cc(Br)ccc3o2)C1c1ccc(OC)c(OCC)c1. The van der Waals surface area contributed by atoms with E-state index in [2.05, 4.69) is 15.9 Å². The topological polar surface area (TPSA) is 89.2 Å². The first-order valence-corrected chi connectivity index (χ1v) is 11.5. The van der Waals surface area contributed by atoms with Gasteiger partial charge in [-0.05, 0) is 55.3 Å². The number of hydrogen-bond acceptors (Lipinski definition) is 6. The number of aliphatic hydroxyl groups is 1. The number of fused-ring (bicyclic) bond motifs is 1. The summed E-state index contributed by atoms with van der Waals surface area (Å²) in [6, 6.07) is 11.5. The maximum absolute atomic E-state index is 13.6. The van der Waals surface area contributed by atoms with Crippen LogP contribution in [-0.4, -0.2) is 42.0 Å². The van der Waals surface area contributed by atoms with Gasteiger partial charge in [-0.2, -0.15) is 0 Å². The Bertz CT molecular complexity index is 1260. The summed E-state index contributed by atoms with van der Waals surface area (Å²) in [5.74, 6) is -0.597. The predicted molar refractivity (Wildman–Crippen MR) is 127 cm³/mol. The molecule has 3 aromatic rings. The molecule has 172 valence electrons. The smallest absolute Gasteiger partial charge is 0.290 e. The first-order chi connectivity index (χ1) is 15.9. The van der Waals surface area contributed by atoms with Crippen LogP contribution in [0.2, 0.25) is 0 Å². The number of nitrogens with zero attached hydrogens (tertiary/aromatic N) is 1. The van der Waals surface area contributed by atoms with Gasteiger partial charge in [-0.25, -0.2) is 0 Å². The van der Waals surface area contributed by atoms with Crippen LogP contribution in [0.3, 0.4) is 0 Å².